The lowest BCUT2D eigenvalue weighted by Crippen LogP contribution is -2.26. The third kappa shape index (κ3) is 3.62. The highest BCUT2D eigenvalue weighted by atomic mass is 16.1. The summed E-state index contributed by atoms with van der Waals surface area (Å²) in [6.07, 6.45) is 6.09. The molecule has 0 spiro atoms. The Labute approximate surface area is 111 Å². The number of aromatic nitrogens is 3. The Morgan fingerprint density at radius 1 is 1.37 bits per heavy atom. The number of aryl methyl sites for hydroxylation is 1. The summed E-state index contributed by atoms with van der Waals surface area (Å²) in [6, 6.07) is 3.49. The van der Waals surface area contributed by atoms with Crippen LogP contribution < -0.4 is 11.1 Å². The van der Waals surface area contributed by atoms with E-state index in [2.05, 4.69) is 15.4 Å². The van der Waals surface area contributed by atoms with Crippen LogP contribution in [-0.4, -0.2) is 27.2 Å². The topological polar surface area (TPSA) is 85.8 Å². The highest BCUT2D eigenvalue weighted by molar-refractivity contribution is 5.92. The Morgan fingerprint density at radius 3 is 2.79 bits per heavy atom. The quantitative estimate of drug-likeness (QED) is 0.805. The van der Waals surface area contributed by atoms with Gasteiger partial charge in [-0.15, -0.1) is 0 Å². The van der Waals surface area contributed by atoms with Gasteiger partial charge in [-0.2, -0.15) is 5.10 Å². The largest absolute Gasteiger partial charge is 0.350 e. The van der Waals surface area contributed by atoms with Gasteiger partial charge < -0.3 is 11.1 Å². The minimum atomic E-state index is -0.174. The molecule has 1 amide bonds. The zero-order valence-corrected chi connectivity index (χ0v) is 10.8. The van der Waals surface area contributed by atoms with Crippen molar-refractivity contribution >= 4 is 5.91 Å². The van der Waals surface area contributed by atoms with Gasteiger partial charge in [0.15, 0.2) is 0 Å². The summed E-state index contributed by atoms with van der Waals surface area (Å²) in [7, 11) is 1.87. The Hall–Kier alpha value is -2.21. The van der Waals surface area contributed by atoms with Crippen molar-refractivity contribution in [2.45, 2.75) is 13.0 Å². The zero-order valence-electron chi connectivity index (χ0n) is 10.8. The molecule has 2 heterocycles. The van der Waals surface area contributed by atoms with Gasteiger partial charge in [-0.1, -0.05) is 6.07 Å². The summed E-state index contributed by atoms with van der Waals surface area (Å²) in [5.41, 5.74) is 7.88. The van der Waals surface area contributed by atoms with Gasteiger partial charge >= 0.3 is 0 Å². The van der Waals surface area contributed by atoms with Crippen LogP contribution >= 0.6 is 0 Å². The molecule has 0 aromatic carbocycles. The first-order valence-electron chi connectivity index (χ1n) is 6.10. The van der Waals surface area contributed by atoms with E-state index in [0.29, 0.717) is 18.8 Å². The predicted octanol–water partition coefficient (Wildman–Crippen LogP) is 0.246. The van der Waals surface area contributed by atoms with Crippen LogP contribution in [0.2, 0.25) is 0 Å². The number of amides is 1. The molecule has 2 aromatic rings. The Bertz CT molecular complexity index is 546. The summed E-state index contributed by atoms with van der Waals surface area (Å²) in [6.45, 7) is 0.987. The number of nitrogens with two attached hydrogens (primary N) is 1. The SMILES string of the molecule is Cn1cc(CCNC(=O)c2ccc(CN)cn2)cn1. The van der Waals surface area contributed by atoms with Gasteiger partial charge in [0, 0.05) is 32.5 Å². The fraction of sp³-hybridized carbons (Fsp3) is 0.308. The van der Waals surface area contributed by atoms with Crippen LogP contribution in [0.25, 0.3) is 0 Å². The normalized spacial score (nSPS) is 10.4. The second-order valence-electron chi connectivity index (χ2n) is 4.28. The Balaban J connectivity index is 1.83. The van der Waals surface area contributed by atoms with E-state index in [1.165, 1.54) is 0 Å². The molecule has 0 radical (unpaired) electrons. The van der Waals surface area contributed by atoms with E-state index in [1.807, 2.05) is 19.3 Å². The molecule has 0 saturated carbocycles. The number of hydrogen-bond acceptors (Lipinski definition) is 4. The first-order chi connectivity index (χ1) is 9.19. The molecule has 0 bridgehead atoms. The second kappa shape index (κ2) is 6.10. The first-order valence-corrected chi connectivity index (χ1v) is 6.10. The van der Waals surface area contributed by atoms with Crippen LogP contribution in [0, 0.1) is 0 Å². The van der Waals surface area contributed by atoms with Gasteiger partial charge in [0.05, 0.1) is 6.20 Å². The third-order valence-electron chi connectivity index (χ3n) is 2.75. The Morgan fingerprint density at radius 2 is 2.21 bits per heavy atom. The second-order valence-corrected chi connectivity index (χ2v) is 4.28. The number of hydrogen-bond donors (Lipinski definition) is 2. The number of carbonyl (C=O) groups is 1. The average Bonchev–Trinajstić information content (AvgIpc) is 2.84. The molecule has 3 N–H and O–H groups in total. The van der Waals surface area contributed by atoms with Crippen LogP contribution in [0.3, 0.4) is 0 Å². The highest BCUT2D eigenvalue weighted by Gasteiger charge is 2.06. The summed E-state index contributed by atoms with van der Waals surface area (Å²) in [4.78, 5) is 15.9. The Kier molecular flexibility index (Phi) is 4.25. The van der Waals surface area contributed by atoms with E-state index in [-0.39, 0.29) is 5.91 Å². The van der Waals surface area contributed by atoms with Crippen LogP contribution in [0.1, 0.15) is 21.6 Å². The number of nitrogens with one attached hydrogen (secondary N) is 1. The summed E-state index contributed by atoms with van der Waals surface area (Å²) >= 11 is 0. The predicted molar refractivity (Wildman–Crippen MR) is 71.4 cm³/mol. The van der Waals surface area contributed by atoms with Gasteiger partial charge in [0.2, 0.25) is 0 Å². The molecule has 0 atom stereocenters. The van der Waals surface area contributed by atoms with Crippen molar-refractivity contribution < 1.29 is 4.79 Å². The smallest absolute Gasteiger partial charge is 0.269 e. The highest BCUT2D eigenvalue weighted by Crippen LogP contribution is 2.00. The van der Waals surface area contributed by atoms with Crippen LogP contribution in [0.5, 0.6) is 0 Å². The fourth-order valence-electron chi connectivity index (χ4n) is 1.69. The standard InChI is InChI=1S/C13H17N5O/c1-18-9-11(8-17-18)4-5-15-13(19)12-3-2-10(6-14)7-16-12/h2-3,7-9H,4-6,14H2,1H3,(H,15,19). The molecule has 0 aliphatic carbocycles. The molecule has 0 unspecified atom stereocenters. The molecule has 0 aliphatic rings. The van der Waals surface area contributed by atoms with E-state index >= 15 is 0 Å². The van der Waals surface area contributed by atoms with Crippen LogP contribution in [0.4, 0.5) is 0 Å². The van der Waals surface area contributed by atoms with E-state index in [0.717, 1.165) is 17.5 Å². The van der Waals surface area contributed by atoms with Crippen LogP contribution in [-0.2, 0) is 20.0 Å². The van der Waals surface area contributed by atoms with E-state index in [1.54, 1.807) is 23.1 Å². The van der Waals surface area contributed by atoms with E-state index in [9.17, 15) is 4.79 Å². The number of carbonyl (C=O) groups excluding carboxylic acids is 1. The van der Waals surface area contributed by atoms with Crippen LogP contribution in [0.15, 0.2) is 30.7 Å². The molecule has 0 saturated heterocycles. The lowest BCUT2D eigenvalue weighted by atomic mass is 10.2. The lowest BCUT2D eigenvalue weighted by molar-refractivity contribution is 0.0949. The van der Waals surface area contributed by atoms with Crippen molar-refractivity contribution in [2.75, 3.05) is 6.54 Å². The minimum Gasteiger partial charge on any atom is -0.350 e. The van der Waals surface area contributed by atoms with Crippen molar-refractivity contribution in [1.29, 1.82) is 0 Å². The summed E-state index contributed by atoms with van der Waals surface area (Å²) < 4.78 is 1.74. The minimum absolute atomic E-state index is 0.174. The van der Waals surface area contributed by atoms with E-state index in [4.69, 9.17) is 5.73 Å². The molecule has 2 aromatic heterocycles. The maximum absolute atomic E-state index is 11.8. The monoisotopic (exact) mass is 259 g/mol. The third-order valence-corrected chi connectivity index (χ3v) is 2.75. The van der Waals surface area contributed by atoms with Gasteiger partial charge in [-0.25, -0.2) is 0 Å². The maximum atomic E-state index is 11.8. The van der Waals surface area contributed by atoms with Crippen molar-refractivity contribution in [3.05, 3.63) is 47.5 Å². The van der Waals surface area contributed by atoms with Gasteiger partial charge in [-0.3, -0.25) is 14.5 Å². The molecule has 100 valence electrons. The summed E-state index contributed by atoms with van der Waals surface area (Å²) in [5, 5.41) is 6.90. The molecule has 6 nitrogen and oxygen atoms in total. The van der Waals surface area contributed by atoms with Crippen molar-refractivity contribution in [3.63, 3.8) is 0 Å². The molecule has 0 fully saturated rings. The number of pyridine rings is 1. The molecular weight excluding hydrogens is 242 g/mol. The maximum Gasteiger partial charge on any atom is 0.269 e. The molecule has 2 rings (SSSR count). The molecule has 0 aliphatic heterocycles. The fourth-order valence-corrected chi connectivity index (χ4v) is 1.69. The zero-order chi connectivity index (χ0) is 13.7. The lowest BCUT2D eigenvalue weighted by Gasteiger charge is -2.04. The number of nitrogens with zero attached hydrogens (tertiary/aromatic N) is 3. The molecular formula is C13H17N5O. The average molecular weight is 259 g/mol. The molecule has 6 heteroatoms. The molecule has 19 heavy (non-hydrogen) atoms. The van der Waals surface area contributed by atoms with Gasteiger partial charge in [0.1, 0.15) is 5.69 Å². The van der Waals surface area contributed by atoms with E-state index < -0.39 is 0 Å². The number of rotatable bonds is 5. The van der Waals surface area contributed by atoms with Gasteiger partial charge in [0.25, 0.3) is 5.91 Å². The van der Waals surface area contributed by atoms with Crippen molar-refractivity contribution in [2.24, 2.45) is 12.8 Å². The van der Waals surface area contributed by atoms with Crippen molar-refractivity contribution in [1.82, 2.24) is 20.1 Å². The van der Waals surface area contributed by atoms with Crippen molar-refractivity contribution in [3.8, 4) is 0 Å². The summed E-state index contributed by atoms with van der Waals surface area (Å²) in [5.74, 6) is -0.174. The first kappa shape index (κ1) is 13.2. The van der Waals surface area contributed by atoms with Gasteiger partial charge in [-0.05, 0) is 23.6 Å².